The highest BCUT2D eigenvalue weighted by atomic mass is 35.5. The van der Waals surface area contributed by atoms with Crippen molar-refractivity contribution in [3.63, 3.8) is 0 Å². The van der Waals surface area contributed by atoms with E-state index in [9.17, 15) is 9.59 Å². The molecule has 6 heteroatoms. The van der Waals surface area contributed by atoms with Crippen molar-refractivity contribution in [1.82, 2.24) is 4.90 Å². The zero-order valence-corrected chi connectivity index (χ0v) is 29.5. The van der Waals surface area contributed by atoms with Crippen molar-refractivity contribution in [3.05, 3.63) is 116 Å². The van der Waals surface area contributed by atoms with E-state index in [4.69, 9.17) is 21.1 Å². The predicted octanol–water partition coefficient (Wildman–Crippen LogP) is 9.47. The Hall–Kier alpha value is -3.83. The molecule has 0 saturated carbocycles. The molecule has 3 aliphatic rings. The first-order chi connectivity index (χ1) is 22.2. The molecular weight excluding hydrogens is 606 g/mol. The molecule has 246 valence electrons. The second-order valence-corrected chi connectivity index (χ2v) is 15.6. The number of halogens is 1. The van der Waals surface area contributed by atoms with Crippen LogP contribution in [0.3, 0.4) is 0 Å². The van der Waals surface area contributed by atoms with Crippen LogP contribution in [0.2, 0.25) is 5.02 Å². The lowest BCUT2D eigenvalue weighted by Crippen LogP contribution is -2.45. The summed E-state index contributed by atoms with van der Waals surface area (Å²) in [7, 11) is 1.60. The summed E-state index contributed by atoms with van der Waals surface area (Å²) in [5, 5.41) is 0.395. The second kappa shape index (κ2) is 12.6. The molecule has 47 heavy (non-hydrogen) atoms. The molecule has 0 aromatic heterocycles. The highest BCUT2D eigenvalue weighted by Crippen LogP contribution is 2.55. The van der Waals surface area contributed by atoms with E-state index < -0.39 is 5.92 Å². The van der Waals surface area contributed by atoms with Crippen molar-refractivity contribution in [2.45, 2.75) is 86.2 Å². The zero-order chi connectivity index (χ0) is 33.7. The Morgan fingerprint density at radius 3 is 1.91 bits per heavy atom. The van der Waals surface area contributed by atoms with E-state index in [2.05, 4.69) is 88.9 Å². The van der Waals surface area contributed by atoms with Gasteiger partial charge in [0, 0.05) is 47.8 Å². The maximum Gasteiger partial charge on any atom is 0.180 e. The third-order valence-electron chi connectivity index (χ3n) is 9.74. The zero-order valence-electron chi connectivity index (χ0n) is 28.8. The number of ether oxygens (including phenoxy) is 2. The van der Waals surface area contributed by atoms with Crippen LogP contribution in [0.1, 0.15) is 87.1 Å². The molecule has 0 bridgehead atoms. The average Bonchev–Trinajstić information content (AvgIpc) is 2.97. The van der Waals surface area contributed by atoms with Crippen molar-refractivity contribution in [3.8, 4) is 11.5 Å². The van der Waals surface area contributed by atoms with E-state index in [1.54, 1.807) is 7.11 Å². The number of carbonyl (C=O) groups excluding carboxylic acids is 2. The fraction of sp³-hybridized carbons (Fsp3) is 0.415. The van der Waals surface area contributed by atoms with Crippen LogP contribution in [-0.4, -0.2) is 30.1 Å². The number of hydrogen-bond donors (Lipinski definition) is 0. The van der Waals surface area contributed by atoms with Gasteiger partial charge >= 0.3 is 0 Å². The molecule has 1 heterocycles. The molecule has 0 amide bonds. The fourth-order valence-corrected chi connectivity index (χ4v) is 8.16. The lowest BCUT2D eigenvalue weighted by Gasteiger charge is -2.49. The first-order valence-corrected chi connectivity index (χ1v) is 17.0. The number of rotatable bonds is 8. The van der Waals surface area contributed by atoms with Gasteiger partial charge in [0.1, 0.15) is 6.61 Å². The number of aryl methyl sites for hydroxylation is 2. The molecule has 3 aromatic carbocycles. The van der Waals surface area contributed by atoms with Crippen LogP contribution in [0.15, 0.2) is 83.2 Å². The van der Waals surface area contributed by atoms with Gasteiger partial charge in [-0.1, -0.05) is 99.0 Å². The van der Waals surface area contributed by atoms with Crippen LogP contribution in [0, 0.1) is 24.7 Å². The quantitative estimate of drug-likeness (QED) is 0.243. The molecule has 0 radical (unpaired) electrons. The largest absolute Gasteiger partial charge is 0.493 e. The number of allylic oxidation sites excluding steroid dienone is 4. The van der Waals surface area contributed by atoms with Crippen molar-refractivity contribution >= 4 is 23.2 Å². The van der Waals surface area contributed by atoms with Crippen molar-refractivity contribution in [2.24, 2.45) is 10.8 Å². The van der Waals surface area contributed by atoms with E-state index in [-0.39, 0.29) is 22.4 Å². The highest BCUT2D eigenvalue weighted by molar-refractivity contribution is 6.32. The molecule has 0 spiro atoms. The summed E-state index contributed by atoms with van der Waals surface area (Å²) in [6, 6.07) is 20.6. The molecule has 3 aromatic rings. The van der Waals surface area contributed by atoms with E-state index in [0.29, 0.717) is 42.5 Å². The topological polar surface area (TPSA) is 55.8 Å². The maximum atomic E-state index is 14.3. The van der Waals surface area contributed by atoms with E-state index in [1.807, 2.05) is 18.2 Å². The molecule has 0 fully saturated rings. The van der Waals surface area contributed by atoms with Crippen molar-refractivity contribution < 1.29 is 19.1 Å². The van der Waals surface area contributed by atoms with E-state index >= 15 is 0 Å². The van der Waals surface area contributed by atoms with Gasteiger partial charge in [0.05, 0.1) is 12.1 Å². The molecule has 0 N–H and O–H groups in total. The number of ketones is 2. The summed E-state index contributed by atoms with van der Waals surface area (Å²) in [4.78, 5) is 30.9. The van der Waals surface area contributed by atoms with Gasteiger partial charge in [-0.25, -0.2) is 0 Å². The van der Waals surface area contributed by atoms with Crippen LogP contribution in [-0.2, 0) is 22.6 Å². The normalized spacial score (nSPS) is 19.1. The molecule has 1 aliphatic heterocycles. The van der Waals surface area contributed by atoms with Crippen molar-refractivity contribution in [1.29, 1.82) is 0 Å². The number of Topliss-reactive ketones (excluding diaryl/α,β-unsaturated/α-hetero) is 2. The Morgan fingerprint density at radius 2 is 1.36 bits per heavy atom. The van der Waals surface area contributed by atoms with Gasteiger partial charge in [-0.05, 0) is 72.8 Å². The minimum Gasteiger partial charge on any atom is -0.493 e. The molecular formula is C41H46ClNO4. The first kappa shape index (κ1) is 33.1. The summed E-state index contributed by atoms with van der Waals surface area (Å²) in [6.07, 6.45) is 3.19. The monoisotopic (exact) mass is 651 g/mol. The third kappa shape index (κ3) is 6.78. The Bertz CT molecular complexity index is 1730. The summed E-state index contributed by atoms with van der Waals surface area (Å²) < 4.78 is 12.1. The van der Waals surface area contributed by atoms with Crippen molar-refractivity contribution in [2.75, 3.05) is 13.7 Å². The van der Waals surface area contributed by atoms with Gasteiger partial charge in [0.2, 0.25) is 0 Å². The summed E-state index contributed by atoms with van der Waals surface area (Å²) >= 11 is 7.00. The van der Waals surface area contributed by atoms with E-state index in [0.717, 1.165) is 52.9 Å². The number of nitrogens with zero attached hydrogens (tertiary/aromatic N) is 1. The predicted molar refractivity (Wildman–Crippen MR) is 188 cm³/mol. The number of methoxy groups -OCH3 is 1. The summed E-state index contributed by atoms with van der Waals surface area (Å²) in [5.41, 5.74) is 8.55. The SMILES string of the molecule is COc1cc(C2C3=C(CC(C)(C)CC3=O)N(CCc3ccccc3)C3=C2C(=O)CC(C)(C)C3)cc(Cl)c1OCc1cc(C)cc(C)c1. The second-order valence-electron chi connectivity index (χ2n) is 15.2. The fourth-order valence-electron chi connectivity index (χ4n) is 7.89. The van der Waals surface area contributed by atoms with E-state index in [1.165, 1.54) is 16.7 Å². The number of hydrogen-bond acceptors (Lipinski definition) is 5. The molecule has 5 nitrogen and oxygen atoms in total. The van der Waals surface area contributed by atoms with Crippen LogP contribution in [0.4, 0.5) is 0 Å². The smallest absolute Gasteiger partial charge is 0.180 e. The van der Waals surface area contributed by atoms with Crippen LogP contribution >= 0.6 is 11.6 Å². The third-order valence-corrected chi connectivity index (χ3v) is 10.0. The van der Waals surface area contributed by atoms with Gasteiger partial charge < -0.3 is 14.4 Å². The lowest BCUT2D eigenvalue weighted by atomic mass is 9.63. The molecule has 6 rings (SSSR count). The molecule has 2 aliphatic carbocycles. The Labute approximate surface area is 284 Å². The standard InChI is InChI=1S/C41H46ClNO4/c1-25-15-26(2)17-28(16-25)24-47-39-30(42)18-29(19-35(39)46-7)36-37-31(20-40(3,4)22-33(37)44)43(14-13-27-11-9-8-10-12-27)32-21-41(5,6)23-34(45)38(32)36/h8-12,15-19,36H,13-14,20-24H2,1-7H3. The van der Waals surface area contributed by atoms with Gasteiger partial charge in [-0.3, -0.25) is 9.59 Å². The molecule has 0 saturated heterocycles. The minimum atomic E-state index is -0.514. The summed E-state index contributed by atoms with van der Waals surface area (Å²) in [5.74, 6) is 0.619. The Morgan fingerprint density at radius 1 is 0.787 bits per heavy atom. The number of benzene rings is 3. The lowest BCUT2D eigenvalue weighted by molar-refractivity contribution is -0.119. The molecule has 0 atom stereocenters. The Balaban J connectivity index is 1.47. The van der Waals surface area contributed by atoms with Crippen LogP contribution in [0.5, 0.6) is 11.5 Å². The van der Waals surface area contributed by atoms with Gasteiger partial charge in [-0.15, -0.1) is 0 Å². The first-order valence-electron chi connectivity index (χ1n) is 16.7. The highest BCUT2D eigenvalue weighted by Gasteiger charge is 2.49. The van der Waals surface area contributed by atoms with Gasteiger partial charge in [-0.2, -0.15) is 0 Å². The molecule has 0 unspecified atom stereocenters. The minimum absolute atomic E-state index is 0.0976. The number of carbonyl (C=O) groups is 2. The Kier molecular flexibility index (Phi) is 8.90. The summed E-state index contributed by atoms with van der Waals surface area (Å²) in [6.45, 7) is 13.8. The van der Waals surface area contributed by atoms with Crippen LogP contribution in [0.25, 0.3) is 0 Å². The van der Waals surface area contributed by atoms with Crippen LogP contribution < -0.4 is 9.47 Å². The maximum absolute atomic E-state index is 14.3. The van der Waals surface area contributed by atoms with Gasteiger partial charge in [0.15, 0.2) is 23.1 Å². The average molecular weight is 652 g/mol. The van der Waals surface area contributed by atoms with Gasteiger partial charge in [0.25, 0.3) is 0 Å².